The lowest BCUT2D eigenvalue weighted by Gasteiger charge is -2.27. The maximum Gasteiger partial charge on any atom is 0.446 e. The molecule has 2 aromatic heterocycles. The number of halogens is 3. The molecule has 0 aliphatic carbocycles. The van der Waals surface area contributed by atoms with Crippen LogP contribution < -0.4 is 10.9 Å². The van der Waals surface area contributed by atoms with Gasteiger partial charge in [-0.05, 0) is 49.4 Å². The summed E-state index contributed by atoms with van der Waals surface area (Å²) in [5.74, 6) is -0.433. The Kier molecular flexibility index (Phi) is 5.92. The third-order valence-corrected chi connectivity index (χ3v) is 4.73. The van der Waals surface area contributed by atoms with Crippen LogP contribution in [0.25, 0.3) is 11.6 Å². The van der Waals surface area contributed by atoms with E-state index in [1.165, 1.54) is 36.7 Å². The average molecular weight is 435 g/mol. The third kappa shape index (κ3) is 5.44. The molecule has 3 rings (SSSR count). The van der Waals surface area contributed by atoms with Gasteiger partial charge in [0.1, 0.15) is 5.69 Å². The Hall–Kier alpha value is -3.21. The molecule has 0 saturated carbocycles. The predicted octanol–water partition coefficient (Wildman–Crippen LogP) is 3.50. The molecule has 3 aromatic rings. The first-order valence-electron chi connectivity index (χ1n) is 8.61. The van der Waals surface area contributed by atoms with Crippen molar-refractivity contribution in [3.05, 3.63) is 70.4 Å². The number of aromatic nitrogens is 4. The summed E-state index contributed by atoms with van der Waals surface area (Å²) in [6.45, 7) is 3.37. The van der Waals surface area contributed by atoms with Crippen LogP contribution in [0.5, 0.6) is 0 Å². The van der Waals surface area contributed by atoms with Crippen molar-refractivity contribution >= 4 is 17.7 Å². The largest absolute Gasteiger partial charge is 0.446 e. The van der Waals surface area contributed by atoms with Crippen molar-refractivity contribution in [2.24, 2.45) is 0 Å². The van der Waals surface area contributed by atoms with E-state index in [4.69, 9.17) is 0 Å². The van der Waals surface area contributed by atoms with E-state index in [0.29, 0.717) is 5.56 Å². The van der Waals surface area contributed by atoms with Gasteiger partial charge in [-0.25, -0.2) is 15.0 Å². The molecule has 1 amide bonds. The van der Waals surface area contributed by atoms with Crippen LogP contribution in [0.1, 0.15) is 29.9 Å². The Balaban J connectivity index is 1.81. The summed E-state index contributed by atoms with van der Waals surface area (Å²) in [6, 6.07) is 8.31. The van der Waals surface area contributed by atoms with Gasteiger partial charge in [0.15, 0.2) is 11.6 Å². The summed E-state index contributed by atoms with van der Waals surface area (Å²) < 4.78 is 37.5. The minimum absolute atomic E-state index is 0.0390. The van der Waals surface area contributed by atoms with Crippen molar-refractivity contribution in [3.8, 4) is 11.6 Å². The van der Waals surface area contributed by atoms with Gasteiger partial charge in [-0.3, -0.25) is 9.59 Å². The van der Waals surface area contributed by atoms with Crippen LogP contribution in [0.2, 0.25) is 0 Å². The second-order valence-corrected chi connectivity index (χ2v) is 7.84. The standard InChI is InChI=1S/C19H16F3N5O2S/c1-18(2,11-4-6-12(7-5-11)30-19(20,21)22)27-17(29)13-10-14(28)26-16(25-13)15-23-8-3-9-24-15/h3-10H,1-2H3,(H,27,29)(H,25,26,28). The van der Waals surface area contributed by atoms with Gasteiger partial charge in [-0.2, -0.15) is 13.2 Å². The molecule has 0 atom stereocenters. The fraction of sp³-hybridized carbons (Fsp3) is 0.211. The topological polar surface area (TPSA) is 101 Å². The number of amides is 1. The van der Waals surface area contributed by atoms with Crippen LogP contribution in [0.15, 0.2) is 58.5 Å². The number of H-pyrrole nitrogens is 1. The highest BCUT2D eigenvalue weighted by Gasteiger charge is 2.30. The zero-order chi connectivity index (χ0) is 21.9. The number of rotatable bonds is 5. The number of alkyl halides is 3. The summed E-state index contributed by atoms with van der Waals surface area (Å²) in [4.78, 5) is 39.3. The lowest BCUT2D eigenvalue weighted by Crippen LogP contribution is -2.41. The maximum atomic E-state index is 12.7. The van der Waals surface area contributed by atoms with E-state index < -0.39 is 22.5 Å². The van der Waals surface area contributed by atoms with Crippen LogP contribution in [-0.4, -0.2) is 31.4 Å². The SMILES string of the molecule is CC(C)(NC(=O)c1cc(=O)[nH]c(-c2ncccn2)n1)c1ccc(SC(F)(F)F)cc1. The monoisotopic (exact) mass is 435 g/mol. The Labute approximate surface area is 173 Å². The number of carbonyl (C=O) groups is 1. The number of nitrogens with zero attached hydrogens (tertiary/aromatic N) is 3. The molecular weight excluding hydrogens is 419 g/mol. The number of hydrogen-bond donors (Lipinski definition) is 2. The normalized spacial score (nSPS) is 11.9. The molecule has 11 heteroatoms. The fourth-order valence-electron chi connectivity index (χ4n) is 2.59. The second kappa shape index (κ2) is 8.27. The van der Waals surface area contributed by atoms with Crippen molar-refractivity contribution in [2.45, 2.75) is 29.8 Å². The third-order valence-electron chi connectivity index (χ3n) is 3.99. The zero-order valence-corrected chi connectivity index (χ0v) is 16.6. The first-order chi connectivity index (χ1) is 14.0. The lowest BCUT2D eigenvalue weighted by atomic mass is 9.94. The van der Waals surface area contributed by atoms with E-state index in [2.05, 4.69) is 25.3 Å². The Morgan fingerprint density at radius 2 is 1.73 bits per heavy atom. The number of aromatic amines is 1. The number of carbonyl (C=O) groups excluding carboxylic acids is 1. The quantitative estimate of drug-likeness (QED) is 0.595. The summed E-state index contributed by atoms with van der Waals surface area (Å²) in [6.07, 6.45) is 2.94. The van der Waals surface area contributed by atoms with E-state index in [1.54, 1.807) is 19.9 Å². The van der Waals surface area contributed by atoms with Crippen LogP contribution in [0, 0.1) is 0 Å². The predicted molar refractivity (Wildman–Crippen MR) is 105 cm³/mol. The Morgan fingerprint density at radius 3 is 2.33 bits per heavy atom. The van der Waals surface area contributed by atoms with Crippen LogP contribution in [0.3, 0.4) is 0 Å². The molecule has 30 heavy (non-hydrogen) atoms. The van der Waals surface area contributed by atoms with Gasteiger partial charge >= 0.3 is 5.51 Å². The van der Waals surface area contributed by atoms with Crippen molar-refractivity contribution in [3.63, 3.8) is 0 Å². The van der Waals surface area contributed by atoms with Gasteiger partial charge in [-0.15, -0.1) is 0 Å². The molecule has 0 fully saturated rings. The van der Waals surface area contributed by atoms with Gasteiger partial charge in [-0.1, -0.05) is 12.1 Å². The molecule has 2 N–H and O–H groups in total. The highest BCUT2D eigenvalue weighted by atomic mass is 32.2. The van der Waals surface area contributed by atoms with E-state index >= 15 is 0 Å². The van der Waals surface area contributed by atoms with Crippen molar-refractivity contribution < 1.29 is 18.0 Å². The van der Waals surface area contributed by atoms with E-state index in [0.717, 1.165) is 6.07 Å². The molecular formula is C19H16F3N5O2S. The van der Waals surface area contributed by atoms with Crippen LogP contribution >= 0.6 is 11.8 Å². The Bertz CT molecular complexity index is 1100. The summed E-state index contributed by atoms with van der Waals surface area (Å²) >= 11 is -0.215. The van der Waals surface area contributed by atoms with Gasteiger partial charge < -0.3 is 10.3 Å². The molecule has 1 aromatic carbocycles. The zero-order valence-electron chi connectivity index (χ0n) is 15.8. The van der Waals surface area contributed by atoms with E-state index in [-0.39, 0.29) is 34.0 Å². The smallest absolute Gasteiger partial charge is 0.342 e. The van der Waals surface area contributed by atoms with E-state index in [9.17, 15) is 22.8 Å². The van der Waals surface area contributed by atoms with Gasteiger partial charge in [0.25, 0.3) is 11.5 Å². The highest BCUT2D eigenvalue weighted by molar-refractivity contribution is 8.00. The molecule has 0 bridgehead atoms. The van der Waals surface area contributed by atoms with Crippen molar-refractivity contribution in [1.82, 2.24) is 25.3 Å². The molecule has 156 valence electrons. The molecule has 0 spiro atoms. The van der Waals surface area contributed by atoms with Crippen molar-refractivity contribution in [1.29, 1.82) is 0 Å². The second-order valence-electron chi connectivity index (χ2n) is 6.70. The molecule has 0 aliphatic heterocycles. The van der Waals surface area contributed by atoms with Gasteiger partial charge in [0.2, 0.25) is 0 Å². The molecule has 0 radical (unpaired) electrons. The first-order valence-corrected chi connectivity index (χ1v) is 9.43. The molecule has 0 unspecified atom stereocenters. The molecule has 0 aliphatic rings. The number of hydrogen-bond acceptors (Lipinski definition) is 6. The highest BCUT2D eigenvalue weighted by Crippen LogP contribution is 2.37. The van der Waals surface area contributed by atoms with E-state index in [1.807, 2.05) is 0 Å². The first kappa shape index (κ1) is 21.5. The van der Waals surface area contributed by atoms with Gasteiger partial charge in [0.05, 0.1) is 5.54 Å². The molecule has 7 nitrogen and oxygen atoms in total. The fourth-order valence-corrected chi connectivity index (χ4v) is 3.13. The summed E-state index contributed by atoms with van der Waals surface area (Å²) in [5, 5.41) is 2.74. The summed E-state index contributed by atoms with van der Waals surface area (Å²) in [5.41, 5.74) is -5.43. The number of thioether (sulfide) groups is 1. The minimum Gasteiger partial charge on any atom is -0.342 e. The average Bonchev–Trinajstić information content (AvgIpc) is 2.67. The Morgan fingerprint density at radius 1 is 1.10 bits per heavy atom. The maximum absolute atomic E-state index is 12.7. The molecule has 0 saturated heterocycles. The van der Waals surface area contributed by atoms with Crippen LogP contribution in [0.4, 0.5) is 13.2 Å². The molecule has 2 heterocycles. The van der Waals surface area contributed by atoms with Crippen LogP contribution in [-0.2, 0) is 5.54 Å². The summed E-state index contributed by atoms with van der Waals surface area (Å²) in [7, 11) is 0. The lowest BCUT2D eigenvalue weighted by molar-refractivity contribution is -0.0328. The van der Waals surface area contributed by atoms with Gasteiger partial charge in [0, 0.05) is 23.4 Å². The number of benzene rings is 1. The van der Waals surface area contributed by atoms with Crippen molar-refractivity contribution in [2.75, 3.05) is 0 Å². The minimum atomic E-state index is -4.38. The number of nitrogens with one attached hydrogen (secondary N) is 2.